The second-order valence-electron chi connectivity index (χ2n) is 8.43. The van der Waals surface area contributed by atoms with Gasteiger partial charge in [-0.25, -0.2) is 0 Å². The van der Waals surface area contributed by atoms with Gasteiger partial charge in [-0.2, -0.15) is 0 Å². The summed E-state index contributed by atoms with van der Waals surface area (Å²) in [5.74, 6) is 0.257. The van der Waals surface area contributed by atoms with Gasteiger partial charge in [-0.15, -0.1) is 0 Å². The molecule has 4 rings (SSSR count). The first-order valence-corrected chi connectivity index (χ1v) is 10.6. The molecule has 2 heterocycles. The van der Waals surface area contributed by atoms with Gasteiger partial charge in [-0.1, -0.05) is 6.07 Å². The maximum absolute atomic E-state index is 12.9. The van der Waals surface area contributed by atoms with E-state index < -0.39 is 0 Å². The van der Waals surface area contributed by atoms with Crippen LogP contribution in [0.5, 0.6) is 0 Å². The third-order valence-corrected chi connectivity index (χ3v) is 6.01. The highest BCUT2D eigenvalue weighted by Crippen LogP contribution is 2.27. The molecule has 29 heavy (non-hydrogen) atoms. The monoisotopic (exact) mass is 395 g/mol. The molecule has 2 fully saturated rings. The zero-order valence-electron chi connectivity index (χ0n) is 17.1. The maximum Gasteiger partial charge on any atom is 0.251 e. The molecule has 1 aromatic heterocycles. The number of amides is 2. The zero-order valence-corrected chi connectivity index (χ0v) is 17.1. The van der Waals surface area contributed by atoms with Crippen molar-refractivity contribution >= 4 is 22.7 Å². The van der Waals surface area contributed by atoms with Crippen LogP contribution in [0.25, 0.3) is 10.9 Å². The van der Waals surface area contributed by atoms with Crippen molar-refractivity contribution in [1.82, 2.24) is 15.2 Å². The molecule has 6 nitrogen and oxygen atoms in total. The molecule has 1 aromatic carbocycles. The lowest BCUT2D eigenvalue weighted by atomic mass is 9.84. The number of benzene rings is 1. The second kappa shape index (κ2) is 8.49. The molecule has 154 valence electrons. The van der Waals surface area contributed by atoms with Crippen LogP contribution in [-0.4, -0.2) is 53.0 Å². The molecule has 1 saturated heterocycles. The summed E-state index contributed by atoms with van der Waals surface area (Å²) in [5, 5.41) is 4.11. The quantitative estimate of drug-likeness (QED) is 0.867. The minimum Gasteiger partial charge on any atom is -0.372 e. The average Bonchev–Trinajstić information content (AvgIpc) is 2.72. The first kappa shape index (κ1) is 19.8. The number of carbonyl (C=O) groups is 2. The maximum atomic E-state index is 12.9. The molecular weight excluding hydrogens is 366 g/mol. The highest BCUT2D eigenvalue weighted by molar-refractivity contribution is 5.98. The smallest absolute Gasteiger partial charge is 0.251 e. The van der Waals surface area contributed by atoms with E-state index in [4.69, 9.17) is 4.74 Å². The Morgan fingerprint density at radius 1 is 1.07 bits per heavy atom. The van der Waals surface area contributed by atoms with Gasteiger partial charge in [0.2, 0.25) is 5.91 Å². The summed E-state index contributed by atoms with van der Waals surface area (Å²) in [4.78, 5) is 31.8. The number of rotatable bonds is 3. The van der Waals surface area contributed by atoms with Gasteiger partial charge in [0.05, 0.1) is 17.7 Å². The predicted molar refractivity (Wildman–Crippen MR) is 112 cm³/mol. The van der Waals surface area contributed by atoms with Crippen LogP contribution in [-0.2, 0) is 9.53 Å². The molecule has 0 bridgehead atoms. The van der Waals surface area contributed by atoms with E-state index in [2.05, 4.69) is 10.3 Å². The Morgan fingerprint density at radius 3 is 2.52 bits per heavy atom. The van der Waals surface area contributed by atoms with E-state index in [-0.39, 0.29) is 36.0 Å². The molecule has 1 aliphatic carbocycles. The first-order chi connectivity index (χ1) is 14.0. The fourth-order valence-corrected chi connectivity index (χ4v) is 4.59. The lowest BCUT2D eigenvalue weighted by molar-refractivity contribution is -0.148. The molecule has 6 heteroatoms. The van der Waals surface area contributed by atoms with Crippen LogP contribution in [0.4, 0.5) is 0 Å². The fourth-order valence-electron chi connectivity index (χ4n) is 4.59. The summed E-state index contributed by atoms with van der Waals surface area (Å²) in [6.07, 6.45) is 5.27. The summed E-state index contributed by atoms with van der Waals surface area (Å²) in [6.45, 7) is 5.39. The SMILES string of the molecule is C[C@@H]1CN(C(=O)C2CCC(NC(=O)c3ccc4ncccc4c3)CC2)C[C@H](C)O1. The van der Waals surface area contributed by atoms with E-state index in [0.29, 0.717) is 18.7 Å². The first-order valence-electron chi connectivity index (χ1n) is 10.6. The van der Waals surface area contributed by atoms with Gasteiger partial charge in [-0.3, -0.25) is 14.6 Å². The number of fused-ring (bicyclic) bond motifs is 1. The molecule has 2 aromatic rings. The Kier molecular flexibility index (Phi) is 5.81. The minimum atomic E-state index is -0.0543. The topological polar surface area (TPSA) is 71.5 Å². The molecule has 2 atom stereocenters. The lowest BCUT2D eigenvalue weighted by Gasteiger charge is -2.38. The molecule has 2 aliphatic rings. The van der Waals surface area contributed by atoms with Gasteiger partial charge in [0.25, 0.3) is 5.91 Å². The molecule has 1 aliphatic heterocycles. The van der Waals surface area contributed by atoms with Gasteiger partial charge in [0, 0.05) is 42.2 Å². The normalized spacial score (nSPS) is 27.6. The van der Waals surface area contributed by atoms with E-state index in [9.17, 15) is 9.59 Å². The number of ether oxygens (including phenoxy) is 1. The van der Waals surface area contributed by atoms with E-state index >= 15 is 0 Å². The largest absolute Gasteiger partial charge is 0.372 e. The Hall–Kier alpha value is -2.47. The van der Waals surface area contributed by atoms with E-state index in [1.807, 2.05) is 49.1 Å². The van der Waals surface area contributed by atoms with Crippen LogP contribution in [0, 0.1) is 5.92 Å². The highest BCUT2D eigenvalue weighted by atomic mass is 16.5. The van der Waals surface area contributed by atoms with Crippen molar-refractivity contribution in [2.75, 3.05) is 13.1 Å². The molecule has 0 spiro atoms. The summed E-state index contributed by atoms with van der Waals surface area (Å²) in [7, 11) is 0. The van der Waals surface area contributed by atoms with Gasteiger partial charge < -0.3 is 15.0 Å². The molecular formula is C23H29N3O3. The van der Waals surface area contributed by atoms with E-state index in [1.54, 1.807) is 6.20 Å². The zero-order chi connectivity index (χ0) is 20.4. The van der Waals surface area contributed by atoms with Crippen molar-refractivity contribution in [2.24, 2.45) is 5.92 Å². The minimum absolute atomic E-state index is 0.0543. The number of hydrogen-bond donors (Lipinski definition) is 1. The molecule has 1 saturated carbocycles. The number of aromatic nitrogens is 1. The van der Waals surface area contributed by atoms with Crippen molar-refractivity contribution in [2.45, 2.75) is 57.8 Å². The van der Waals surface area contributed by atoms with Gasteiger partial charge in [0.15, 0.2) is 0 Å². The Balaban J connectivity index is 1.31. The number of carbonyl (C=O) groups excluding carboxylic acids is 2. The number of nitrogens with one attached hydrogen (secondary N) is 1. The summed E-state index contributed by atoms with van der Waals surface area (Å²) in [5.41, 5.74) is 1.54. The van der Waals surface area contributed by atoms with Crippen molar-refractivity contribution < 1.29 is 14.3 Å². The molecule has 0 radical (unpaired) electrons. The Bertz CT molecular complexity index is 882. The van der Waals surface area contributed by atoms with Crippen LogP contribution in [0.2, 0.25) is 0 Å². The van der Waals surface area contributed by atoms with Crippen LogP contribution >= 0.6 is 0 Å². The molecule has 0 unspecified atom stereocenters. The van der Waals surface area contributed by atoms with E-state index in [1.165, 1.54) is 0 Å². The van der Waals surface area contributed by atoms with Crippen LogP contribution in [0.3, 0.4) is 0 Å². The summed E-state index contributed by atoms with van der Waals surface area (Å²) >= 11 is 0. The predicted octanol–water partition coefficient (Wildman–Crippen LogP) is 3.16. The lowest BCUT2D eigenvalue weighted by Crippen LogP contribution is -2.51. The van der Waals surface area contributed by atoms with Crippen LogP contribution in [0.15, 0.2) is 36.5 Å². The van der Waals surface area contributed by atoms with E-state index in [0.717, 1.165) is 36.6 Å². The number of hydrogen-bond acceptors (Lipinski definition) is 4. The van der Waals surface area contributed by atoms with Crippen molar-refractivity contribution in [3.8, 4) is 0 Å². The molecule has 2 amide bonds. The van der Waals surface area contributed by atoms with Crippen molar-refractivity contribution in [3.05, 3.63) is 42.1 Å². The number of morpholine rings is 1. The Morgan fingerprint density at radius 2 is 1.79 bits per heavy atom. The molecule has 1 N–H and O–H groups in total. The third kappa shape index (κ3) is 4.58. The highest BCUT2D eigenvalue weighted by Gasteiger charge is 2.33. The standard InChI is InChI=1S/C23H29N3O3/c1-15-13-26(14-16(2)29-15)23(28)17-5-8-20(9-6-17)25-22(27)19-7-10-21-18(12-19)4-3-11-24-21/h3-4,7,10-12,15-17,20H,5-6,8-9,13-14H2,1-2H3,(H,25,27)/t15-,16+,17?,20?. The van der Waals surface area contributed by atoms with Gasteiger partial charge in [-0.05, 0) is 63.8 Å². The second-order valence-corrected chi connectivity index (χ2v) is 8.43. The third-order valence-electron chi connectivity index (χ3n) is 6.01. The van der Waals surface area contributed by atoms with Crippen LogP contribution in [0.1, 0.15) is 49.9 Å². The number of pyridine rings is 1. The summed E-state index contributed by atoms with van der Waals surface area (Å²) < 4.78 is 5.74. The fraction of sp³-hybridized carbons (Fsp3) is 0.522. The average molecular weight is 396 g/mol. The number of nitrogens with zero attached hydrogens (tertiary/aromatic N) is 2. The van der Waals surface area contributed by atoms with Crippen LogP contribution < -0.4 is 5.32 Å². The van der Waals surface area contributed by atoms with Crippen molar-refractivity contribution in [3.63, 3.8) is 0 Å². The van der Waals surface area contributed by atoms with Crippen molar-refractivity contribution in [1.29, 1.82) is 0 Å². The van der Waals surface area contributed by atoms with Gasteiger partial charge in [0.1, 0.15) is 0 Å². The summed E-state index contributed by atoms with van der Waals surface area (Å²) in [6, 6.07) is 9.54. The van der Waals surface area contributed by atoms with Gasteiger partial charge >= 0.3 is 0 Å². The Labute approximate surface area is 171 Å².